The fraction of sp³-hybridized carbons (Fsp3) is 0.190. The number of nitrogens with zero attached hydrogens (tertiary/aromatic N) is 5. The number of anilines is 1. The van der Waals surface area contributed by atoms with Crippen molar-refractivity contribution in [2.24, 2.45) is 0 Å². The molecule has 0 atom stereocenters. The molecule has 0 spiro atoms. The zero-order chi connectivity index (χ0) is 24.5. The lowest BCUT2D eigenvalue weighted by Gasteiger charge is -2.12. The number of rotatable bonds is 6. The molecule has 0 radical (unpaired) electrons. The number of alkyl halides is 3. The number of amides is 1. The Labute approximate surface area is 194 Å². The third kappa shape index (κ3) is 4.86. The van der Waals surface area contributed by atoms with Crippen molar-refractivity contribution >= 4 is 34.4 Å². The molecule has 0 saturated heterocycles. The van der Waals surface area contributed by atoms with E-state index in [1.54, 1.807) is 19.2 Å². The van der Waals surface area contributed by atoms with Crippen molar-refractivity contribution in [3.63, 3.8) is 0 Å². The molecular weight excluding hydrogens is 477 g/mol. The van der Waals surface area contributed by atoms with E-state index in [1.807, 2.05) is 12.1 Å². The van der Waals surface area contributed by atoms with Gasteiger partial charge >= 0.3 is 6.18 Å². The summed E-state index contributed by atoms with van der Waals surface area (Å²) in [5, 5.41) is 10.0. The zero-order valence-corrected chi connectivity index (χ0v) is 18.3. The first-order valence-corrected chi connectivity index (χ1v) is 10.1. The Bertz CT molecular complexity index is 1430. The lowest BCUT2D eigenvalue weighted by Crippen LogP contribution is -2.28. The number of ether oxygens (including phenoxy) is 1. The van der Waals surface area contributed by atoms with E-state index in [1.165, 1.54) is 4.68 Å². The molecule has 2 aromatic heterocycles. The van der Waals surface area contributed by atoms with Gasteiger partial charge in [0.1, 0.15) is 18.6 Å². The highest BCUT2D eigenvalue weighted by molar-refractivity contribution is 6.33. The Kier molecular flexibility index (Phi) is 6.24. The molecule has 9 nitrogen and oxygen atoms in total. The van der Waals surface area contributed by atoms with E-state index in [9.17, 15) is 22.8 Å². The number of benzene rings is 2. The number of carbonyl (C=O) groups excluding carboxylic acids is 1. The number of nitrogens with one attached hydrogen (secondary N) is 1. The number of carbonyl (C=O) groups is 1. The van der Waals surface area contributed by atoms with Crippen LogP contribution in [0.5, 0.6) is 5.75 Å². The van der Waals surface area contributed by atoms with Crippen molar-refractivity contribution in [2.75, 3.05) is 12.4 Å². The van der Waals surface area contributed by atoms with Crippen LogP contribution < -0.4 is 15.6 Å². The van der Waals surface area contributed by atoms with Gasteiger partial charge in [0, 0.05) is 0 Å². The quantitative estimate of drug-likeness (QED) is 0.442. The number of aromatic nitrogens is 5. The summed E-state index contributed by atoms with van der Waals surface area (Å²) in [5.41, 5.74) is -0.838. The van der Waals surface area contributed by atoms with E-state index in [2.05, 4.69) is 20.6 Å². The highest BCUT2D eigenvalue weighted by Crippen LogP contribution is 2.33. The minimum Gasteiger partial charge on any atom is -0.497 e. The Balaban J connectivity index is 1.54. The summed E-state index contributed by atoms with van der Waals surface area (Å²) in [6.07, 6.45) is -3.46. The molecule has 176 valence electrons. The summed E-state index contributed by atoms with van der Waals surface area (Å²) >= 11 is 5.90. The highest BCUT2D eigenvalue weighted by Gasteiger charge is 2.31. The molecule has 0 aliphatic heterocycles. The van der Waals surface area contributed by atoms with E-state index in [0.717, 1.165) is 28.6 Å². The number of fused-ring (bicyclic) bond motifs is 1. The standard InChI is InChI=1S/C21H16ClF3N6O3/c1-34-14-4-2-3-12(7-14)9-31-19-18(28-29-31)20(33)30(11-26-19)10-17(32)27-16-8-13(21(23,24)25)5-6-15(16)22/h2-8,11H,9-10H2,1H3,(H,27,32). The van der Waals surface area contributed by atoms with Crippen LogP contribution in [0.25, 0.3) is 11.2 Å². The average molecular weight is 493 g/mol. The molecule has 13 heteroatoms. The maximum Gasteiger partial charge on any atom is 0.416 e. The highest BCUT2D eigenvalue weighted by atomic mass is 35.5. The van der Waals surface area contributed by atoms with Crippen LogP contribution in [0.3, 0.4) is 0 Å². The van der Waals surface area contributed by atoms with Crippen LogP contribution in [0.2, 0.25) is 5.02 Å². The molecule has 2 aromatic carbocycles. The van der Waals surface area contributed by atoms with Crippen LogP contribution >= 0.6 is 11.6 Å². The first-order chi connectivity index (χ1) is 16.2. The largest absolute Gasteiger partial charge is 0.497 e. The van der Waals surface area contributed by atoms with Crippen molar-refractivity contribution < 1.29 is 22.7 Å². The Morgan fingerprint density at radius 2 is 2.00 bits per heavy atom. The fourth-order valence-electron chi connectivity index (χ4n) is 3.19. The number of halogens is 4. The predicted molar refractivity (Wildman–Crippen MR) is 117 cm³/mol. The van der Waals surface area contributed by atoms with Gasteiger partial charge in [0.2, 0.25) is 5.91 Å². The van der Waals surface area contributed by atoms with Gasteiger partial charge in [0.25, 0.3) is 5.56 Å². The molecule has 1 amide bonds. The normalized spacial score (nSPS) is 11.6. The molecule has 34 heavy (non-hydrogen) atoms. The maximum atomic E-state index is 12.9. The van der Waals surface area contributed by atoms with Gasteiger partial charge in [-0.15, -0.1) is 5.10 Å². The molecule has 2 heterocycles. The minimum atomic E-state index is -4.60. The van der Waals surface area contributed by atoms with E-state index in [-0.39, 0.29) is 28.4 Å². The molecule has 0 fully saturated rings. The molecule has 0 unspecified atom stereocenters. The van der Waals surface area contributed by atoms with Crippen LogP contribution in [0, 0.1) is 0 Å². The van der Waals surface area contributed by atoms with Crippen molar-refractivity contribution in [2.45, 2.75) is 19.3 Å². The molecule has 0 saturated carbocycles. The van der Waals surface area contributed by atoms with E-state index >= 15 is 0 Å². The Morgan fingerprint density at radius 1 is 1.21 bits per heavy atom. The van der Waals surface area contributed by atoms with Gasteiger partial charge in [0.15, 0.2) is 11.2 Å². The second-order valence-corrected chi connectivity index (χ2v) is 7.60. The monoisotopic (exact) mass is 492 g/mol. The SMILES string of the molecule is COc1cccc(Cn2nnc3c(=O)n(CC(=O)Nc4cc(C(F)(F)F)ccc4Cl)cnc32)c1. The summed E-state index contributed by atoms with van der Waals surface area (Å²) in [7, 11) is 1.55. The first kappa shape index (κ1) is 23.2. The number of methoxy groups -OCH3 is 1. The van der Waals surface area contributed by atoms with Gasteiger partial charge in [-0.1, -0.05) is 28.9 Å². The minimum absolute atomic E-state index is 0.0599. The van der Waals surface area contributed by atoms with E-state index < -0.39 is 29.8 Å². The lowest BCUT2D eigenvalue weighted by atomic mass is 10.2. The number of hydrogen-bond donors (Lipinski definition) is 1. The topological polar surface area (TPSA) is 104 Å². The molecule has 1 N–H and O–H groups in total. The van der Waals surface area contributed by atoms with Crippen LogP contribution in [-0.2, 0) is 24.1 Å². The fourth-order valence-corrected chi connectivity index (χ4v) is 3.36. The van der Waals surface area contributed by atoms with Gasteiger partial charge in [-0.2, -0.15) is 13.2 Å². The van der Waals surface area contributed by atoms with Gasteiger partial charge in [-0.05, 0) is 35.9 Å². The molecule has 4 aromatic rings. The molecule has 0 aliphatic carbocycles. The van der Waals surface area contributed by atoms with Crippen LogP contribution in [-0.4, -0.2) is 37.6 Å². The van der Waals surface area contributed by atoms with E-state index in [0.29, 0.717) is 11.8 Å². The third-order valence-electron chi connectivity index (χ3n) is 4.84. The first-order valence-electron chi connectivity index (χ1n) is 9.74. The zero-order valence-electron chi connectivity index (χ0n) is 17.5. The Morgan fingerprint density at radius 3 is 2.74 bits per heavy atom. The number of hydrogen-bond acceptors (Lipinski definition) is 6. The molecule has 0 bridgehead atoms. The summed E-state index contributed by atoms with van der Waals surface area (Å²) in [4.78, 5) is 29.3. The molecule has 0 aliphatic rings. The summed E-state index contributed by atoms with van der Waals surface area (Å²) in [6, 6.07) is 9.79. The maximum absolute atomic E-state index is 12.9. The van der Waals surface area contributed by atoms with Crippen molar-refractivity contribution in [3.8, 4) is 5.75 Å². The second-order valence-electron chi connectivity index (χ2n) is 7.19. The predicted octanol–water partition coefficient (Wildman–Crippen LogP) is 3.36. The lowest BCUT2D eigenvalue weighted by molar-refractivity contribution is -0.137. The van der Waals surface area contributed by atoms with Gasteiger partial charge in [-0.25, -0.2) is 9.67 Å². The average Bonchev–Trinajstić information content (AvgIpc) is 3.20. The van der Waals surface area contributed by atoms with Crippen molar-refractivity contribution in [3.05, 3.63) is 75.3 Å². The van der Waals surface area contributed by atoms with Gasteiger partial charge in [-0.3, -0.25) is 14.2 Å². The molecule has 4 rings (SSSR count). The smallest absolute Gasteiger partial charge is 0.416 e. The van der Waals surface area contributed by atoms with Crippen molar-refractivity contribution in [1.82, 2.24) is 24.5 Å². The van der Waals surface area contributed by atoms with E-state index in [4.69, 9.17) is 16.3 Å². The summed E-state index contributed by atoms with van der Waals surface area (Å²) in [5.74, 6) is -0.114. The molecular formula is C21H16ClF3N6O3. The van der Waals surface area contributed by atoms with Crippen LogP contribution in [0.1, 0.15) is 11.1 Å². The van der Waals surface area contributed by atoms with Crippen LogP contribution in [0.4, 0.5) is 18.9 Å². The van der Waals surface area contributed by atoms with Gasteiger partial charge in [0.05, 0.1) is 29.9 Å². The van der Waals surface area contributed by atoms with Gasteiger partial charge < -0.3 is 10.1 Å². The Hall–Kier alpha value is -3.93. The van der Waals surface area contributed by atoms with Crippen LogP contribution in [0.15, 0.2) is 53.6 Å². The summed E-state index contributed by atoms with van der Waals surface area (Å²) < 4.78 is 46.4. The summed E-state index contributed by atoms with van der Waals surface area (Å²) in [6.45, 7) is -0.240. The van der Waals surface area contributed by atoms with Crippen molar-refractivity contribution in [1.29, 1.82) is 0 Å². The second kappa shape index (κ2) is 9.14. The third-order valence-corrected chi connectivity index (χ3v) is 5.17.